The highest BCUT2D eigenvalue weighted by molar-refractivity contribution is 6.17. The molecule has 4 nitrogen and oxygen atoms in total. The molecule has 0 spiro atoms. The molecule has 2 heterocycles. The predicted molar refractivity (Wildman–Crippen MR) is 79.2 cm³/mol. The summed E-state index contributed by atoms with van der Waals surface area (Å²) in [6.07, 6.45) is 0.608. The summed E-state index contributed by atoms with van der Waals surface area (Å²) in [7, 11) is 0. The fraction of sp³-hybridized carbons (Fsp3) is 0.333. The summed E-state index contributed by atoms with van der Waals surface area (Å²) in [5.74, 6) is 2.38. The number of nitrogens with zero attached hydrogens (tertiary/aromatic N) is 3. The van der Waals surface area contributed by atoms with Gasteiger partial charge in [-0.15, -0.1) is 11.6 Å². The predicted octanol–water partition coefficient (Wildman–Crippen LogP) is 3.61. The highest BCUT2D eigenvalue weighted by atomic mass is 35.5. The summed E-state index contributed by atoms with van der Waals surface area (Å²) in [6, 6.07) is 4.57. The standard InChI is InChI=1S/C15H15ClFN3O/c1-9-10(2)21-15(18-9)8-20-13-4-3-11(17)7-12(13)19-14(20)5-6-16/h3-4,7H,5-6,8H2,1-2H3. The van der Waals surface area contributed by atoms with Crippen molar-refractivity contribution in [1.29, 1.82) is 0 Å². The van der Waals surface area contributed by atoms with Crippen molar-refractivity contribution < 1.29 is 8.81 Å². The van der Waals surface area contributed by atoms with E-state index in [1.165, 1.54) is 12.1 Å². The van der Waals surface area contributed by atoms with Crippen LogP contribution in [0.3, 0.4) is 0 Å². The van der Waals surface area contributed by atoms with Crippen LogP contribution in [-0.4, -0.2) is 20.4 Å². The van der Waals surface area contributed by atoms with Crippen molar-refractivity contribution in [2.45, 2.75) is 26.8 Å². The van der Waals surface area contributed by atoms with E-state index in [1.54, 1.807) is 6.07 Å². The Morgan fingerprint density at radius 2 is 2.10 bits per heavy atom. The van der Waals surface area contributed by atoms with E-state index >= 15 is 0 Å². The van der Waals surface area contributed by atoms with Crippen LogP contribution in [0, 0.1) is 19.7 Å². The van der Waals surface area contributed by atoms with Crippen LogP contribution in [0.15, 0.2) is 22.6 Å². The zero-order chi connectivity index (χ0) is 15.0. The zero-order valence-electron chi connectivity index (χ0n) is 11.9. The quantitative estimate of drug-likeness (QED) is 0.692. The molecule has 0 aliphatic carbocycles. The van der Waals surface area contributed by atoms with E-state index in [0.29, 0.717) is 30.3 Å². The summed E-state index contributed by atoms with van der Waals surface area (Å²) < 4.78 is 20.9. The van der Waals surface area contributed by atoms with Gasteiger partial charge in [-0.05, 0) is 26.0 Å². The van der Waals surface area contributed by atoms with Gasteiger partial charge in [0.25, 0.3) is 0 Å². The molecule has 3 aromatic rings. The number of hydrogen-bond acceptors (Lipinski definition) is 3. The summed E-state index contributed by atoms with van der Waals surface area (Å²) in [5.41, 5.74) is 2.35. The van der Waals surface area contributed by atoms with E-state index in [1.807, 2.05) is 18.4 Å². The Morgan fingerprint density at radius 3 is 2.76 bits per heavy atom. The molecule has 0 N–H and O–H groups in total. The van der Waals surface area contributed by atoms with Gasteiger partial charge in [0.1, 0.15) is 23.9 Å². The van der Waals surface area contributed by atoms with E-state index in [2.05, 4.69) is 9.97 Å². The smallest absolute Gasteiger partial charge is 0.214 e. The number of imidazole rings is 1. The molecule has 3 rings (SSSR count). The third-order valence-electron chi connectivity index (χ3n) is 3.47. The molecule has 0 atom stereocenters. The first kappa shape index (κ1) is 14.1. The molecule has 2 aromatic heterocycles. The molecule has 21 heavy (non-hydrogen) atoms. The van der Waals surface area contributed by atoms with Crippen molar-refractivity contribution in [3.63, 3.8) is 0 Å². The summed E-state index contributed by atoms with van der Waals surface area (Å²) in [5, 5.41) is 0. The number of aryl methyl sites for hydroxylation is 3. The fourth-order valence-corrected chi connectivity index (χ4v) is 2.52. The Balaban J connectivity index is 2.08. The average Bonchev–Trinajstić information content (AvgIpc) is 2.92. The zero-order valence-corrected chi connectivity index (χ0v) is 12.6. The lowest BCUT2D eigenvalue weighted by atomic mass is 10.3. The maximum absolute atomic E-state index is 13.3. The van der Waals surface area contributed by atoms with E-state index in [4.69, 9.17) is 16.0 Å². The molecule has 0 aliphatic rings. The minimum absolute atomic E-state index is 0.299. The van der Waals surface area contributed by atoms with Crippen LogP contribution >= 0.6 is 11.6 Å². The van der Waals surface area contributed by atoms with E-state index in [0.717, 1.165) is 22.8 Å². The maximum Gasteiger partial charge on any atom is 0.214 e. The number of fused-ring (bicyclic) bond motifs is 1. The van der Waals surface area contributed by atoms with Gasteiger partial charge in [-0.1, -0.05) is 0 Å². The first-order chi connectivity index (χ1) is 10.1. The lowest BCUT2D eigenvalue weighted by Crippen LogP contribution is -2.06. The third-order valence-corrected chi connectivity index (χ3v) is 3.66. The van der Waals surface area contributed by atoms with Crippen LogP contribution < -0.4 is 0 Å². The number of benzene rings is 1. The lowest BCUT2D eigenvalue weighted by molar-refractivity contribution is 0.456. The Labute approximate surface area is 126 Å². The molecule has 0 saturated carbocycles. The fourth-order valence-electron chi connectivity index (χ4n) is 2.35. The molecule has 0 bridgehead atoms. The summed E-state index contributed by atoms with van der Waals surface area (Å²) in [4.78, 5) is 8.85. The van der Waals surface area contributed by atoms with Crippen molar-refractivity contribution >= 4 is 22.6 Å². The number of aromatic nitrogens is 3. The summed E-state index contributed by atoms with van der Waals surface area (Å²) in [6.45, 7) is 4.25. The van der Waals surface area contributed by atoms with E-state index in [-0.39, 0.29) is 5.82 Å². The molecule has 6 heteroatoms. The monoisotopic (exact) mass is 307 g/mol. The first-order valence-electron chi connectivity index (χ1n) is 6.72. The SMILES string of the molecule is Cc1nc(Cn2c(CCCl)nc3cc(F)ccc32)oc1C. The Morgan fingerprint density at radius 1 is 1.29 bits per heavy atom. The Kier molecular flexibility index (Phi) is 3.68. The Bertz CT molecular complexity index is 774. The van der Waals surface area contributed by atoms with Gasteiger partial charge in [0.15, 0.2) is 0 Å². The van der Waals surface area contributed by atoms with Crippen LogP contribution in [0.2, 0.25) is 0 Å². The summed E-state index contributed by atoms with van der Waals surface area (Å²) >= 11 is 5.83. The van der Waals surface area contributed by atoms with Crippen LogP contribution in [0.1, 0.15) is 23.2 Å². The molecule has 0 aliphatic heterocycles. The average molecular weight is 308 g/mol. The van der Waals surface area contributed by atoms with E-state index < -0.39 is 0 Å². The molecular weight excluding hydrogens is 293 g/mol. The topological polar surface area (TPSA) is 43.9 Å². The van der Waals surface area contributed by atoms with Gasteiger partial charge in [0.2, 0.25) is 5.89 Å². The Hall–Kier alpha value is -1.88. The maximum atomic E-state index is 13.3. The third kappa shape index (κ3) is 2.65. The number of oxazole rings is 1. The van der Waals surface area contributed by atoms with Crippen molar-refractivity contribution in [3.8, 4) is 0 Å². The van der Waals surface area contributed by atoms with Gasteiger partial charge < -0.3 is 8.98 Å². The number of hydrogen-bond donors (Lipinski definition) is 0. The normalized spacial score (nSPS) is 11.4. The van der Waals surface area contributed by atoms with Gasteiger partial charge in [0, 0.05) is 18.4 Å². The van der Waals surface area contributed by atoms with Crippen LogP contribution in [0.5, 0.6) is 0 Å². The van der Waals surface area contributed by atoms with Crippen LogP contribution in [0.4, 0.5) is 4.39 Å². The lowest BCUT2D eigenvalue weighted by Gasteiger charge is -2.05. The number of alkyl halides is 1. The van der Waals surface area contributed by atoms with Gasteiger partial charge in [-0.3, -0.25) is 0 Å². The molecule has 0 amide bonds. The second kappa shape index (κ2) is 5.48. The van der Waals surface area contributed by atoms with Crippen LogP contribution in [-0.2, 0) is 13.0 Å². The molecule has 0 fully saturated rings. The largest absolute Gasteiger partial charge is 0.444 e. The van der Waals surface area contributed by atoms with E-state index in [9.17, 15) is 4.39 Å². The molecule has 0 unspecified atom stereocenters. The van der Waals surface area contributed by atoms with Crippen molar-refractivity contribution in [1.82, 2.24) is 14.5 Å². The molecule has 0 radical (unpaired) electrons. The van der Waals surface area contributed by atoms with Gasteiger partial charge in [0.05, 0.1) is 16.7 Å². The van der Waals surface area contributed by atoms with Gasteiger partial charge >= 0.3 is 0 Å². The first-order valence-corrected chi connectivity index (χ1v) is 7.25. The molecular formula is C15H15ClFN3O. The second-order valence-electron chi connectivity index (χ2n) is 4.94. The molecule has 110 valence electrons. The minimum atomic E-state index is -0.299. The molecule has 1 aromatic carbocycles. The van der Waals surface area contributed by atoms with Crippen molar-refractivity contribution in [2.24, 2.45) is 0 Å². The number of rotatable bonds is 4. The molecule has 0 saturated heterocycles. The van der Waals surface area contributed by atoms with Crippen molar-refractivity contribution in [3.05, 3.63) is 47.2 Å². The van der Waals surface area contributed by atoms with Crippen LogP contribution in [0.25, 0.3) is 11.0 Å². The second-order valence-corrected chi connectivity index (χ2v) is 5.31. The van der Waals surface area contributed by atoms with Gasteiger partial charge in [-0.2, -0.15) is 0 Å². The highest BCUT2D eigenvalue weighted by Gasteiger charge is 2.14. The van der Waals surface area contributed by atoms with Crippen molar-refractivity contribution in [2.75, 3.05) is 5.88 Å². The van der Waals surface area contributed by atoms with Gasteiger partial charge in [-0.25, -0.2) is 14.4 Å². The number of halogens is 2. The highest BCUT2D eigenvalue weighted by Crippen LogP contribution is 2.20. The minimum Gasteiger partial charge on any atom is -0.444 e.